The molecule has 0 radical (unpaired) electrons. The first-order valence-corrected chi connectivity index (χ1v) is 8.93. The SMILES string of the molecule is CC(NS(=O)(=O)c1ccc(CN)cc1F)C1CCCCC1. The second-order valence-electron chi connectivity index (χ2n) is 5.78. The molecule has 1 aromatic rings. The zero-order valence-electron chi connectivity index (χ0n) is 12.3. The van der Waals surface area contributed by atoms with Gasteiger partial charge in [-0.2, -0.15) is 0 Å². The molecule has 21 heavy (non-hydrogen) atoms. The van der Waals surface area contributed by atoms with Crippen molar-refractivity contribution < 1.29 is 12.8 Å². The first-order valence-electron chi connectivity index (χ1n) is 7.45. The molecule has 1 aromatic carbocycles. The van der Waals surface area contributed by atoms with E-state index in [1.165, 1.54) is 18.6 Å². The van der Waals surface area contributed by atoms with Crippen molar-refractivity contribution in [3.05, 3.63) is 29.6 Å². The number of hydrogen-bond acceptors (Lipinski definition) is 3. The number of sulfonamides is 1. The van der Waals surface area contributed by atoms with Crippen LogP contribution in [0.25, 0.3) is 0 Å². The molecule has 1 saturated carbocycles. The fourth-order valence-electron chi connectivity index (χ4n) is 2.93. The summed E-state index contributed by atoms with van der Waals surface area (Å²) in [5.41, 5.74) is 6.00. The molecular formula is C15H23FN2O2S. The first kappa shape index (κ1) is 16.4. The molecule has 0 bridgehead atoms. The van der Waals surface area contributed by atoms with E-state index in [-0.39, 0.29) is 17.5 Å². The van der Waals surface area contributed by atoms with Crippen LogP contribution in [0.4, 0.5) is 4.39 Å². The lowest BCUT2D eigenvalue weighted by atomic mass is 9.85. The first-order chi connectivity index (χ1) is 9.94. The smallest absolute Gasteiger partial charge is 0.243 e. The van der Waals surface area contributed by atoms with Crippen LogP contribution in [0.2, 0.25) is 0 Å². The van der Waals surface area contributed by atoms with E-state index in [0.29, 0.717) is 11.5 Å². The zero-order valence-corrected chi connectivity index (χ0v) is 13.1. The summed E-state index contributed by atoms with van der Waals surface area (Å²) in [7, 11) is -3.83. The highest BCUT2D eigenvalue weighted by atomic mass is 32.2. The average Bonchev–Trinajstić information content (AvgIpc) is 2.47. The molecule has 0 saturated heterocycles. The molecule has 118 valence electrons. The van der Waals surface area contributed by atoms with Gasteiger partial charge >= 0.3 is 0 Å². The lowest BCUT2D eigenvalue weighted by Gasteiger charge is -2.28. The Morgan fingerprint density at radius 1 is 1.33 bits per heavy atom. The molecule has 6 heteroatoms. The molecule has 1 aliphatic carbocycles. The quantitative estimate of drug-likeness (QED) is 0.877. The Hall–Kier alpha value is -0.980. The molecule has 4 nitrogen and oxygen atoms in total. The minimum absolute atomic E-state index is 0.177. The maximum absolute atomic E-state index is 14.0. The topological polar surface area (TPSA) is 72.2 Å². The predicted octanol–water partition coefficient (Wildman–Crippen LogP) is 2.53. The predicted molar refractivity (Wildman–Crippen MR) is 80.6 cm³/mol. The average molecular weight is 314 g/mol. The molecule has 1 aliphatic rings. The van der Waals surface area contributed by atoms with Gasteiger partial charge in [-0.3, -0.25) is 0 Å². The van der Waals surface area contributed by atoms with E-state index >= 15 is 0 Å². The van der Waals surface area contributed by atoms with Gasteiger partial charge < -0.3 is 5.73 Å². The van der Waals surface area contributed by atoms with Gasteiger partial charge in [0, 0.05) is 12.6 Å². The molecule has 1 unspecified atom stereocenters. The van der Waals surface area contributed by atoms with Crippen molar-refractivity contribution in [2.24, 2.45) is 11.7 Å². The second kappa shape index (κ2) is 6.85. The molecule has 0 aliphatic heterocycles. The number of halogens is 1. The Bertz CT molecular complexity index is 583. The van der Waals surface area contributed by atoms with Gasteiger partial charge in [-0.25, -0.2) is 17.5 Å². The Morgan fingerprint density at radius 2 is 2.00 bits per heavy atom. The van der Waals surface area contributed by atoms with Crippen LogP contribution in [-0.4, -0.2) is 14.5 Å². The lowest BCUT2D eigenvalue weighted by molar-refractivity contribution is 0.303. The molecule has 1 atom stereocenters. The summed E-state index contributed by atoms with van der Waals surface area (Å²) in [6.45, 7) is 2.04. The summed E-state index contributed by atoms with van der Waals surface area (Å²) in [4.78, 5) is -0.303. The summed E-state index contributed by atoms with van der Waals surface area (Å²) in [6.07, 6.45) is 5.54. The summed E-state index contributed by atoms with van der Waals surface area (Å²) < 4.78 is 41.2. The van der Waals surface area contributed by atoms with E-state index < -0.39 is 15.8 Å². The Kier molecular flexibility index (Phi) is 5.35. The van der Waals surface area contributed by atoms with Crippen molar-refractivity contribution in [1.82, 2.24) is 4.72 Å². The highest BCUT2D eigenvalue weighted by molar-refractivity contribution is 7.89. The maximum Gasteiger partial charge on any atom is 0.243 e. The zero-order chi connectivity index (χ0) is 15.5. The van der Waals surface area contributed by atoms with Crippen LogP contribution in [0.5, 0.6) is 0 Å². The number of benzene rings is 1. The summed E-state index contributed by atoms with van der Waals surface area (Å²) in [5.74, 6) is -0.416. The van der Waals surface area contributed by atoms with E-state index in [0.717, 1.165) is 25.7 Å². The summed E-state index contributed by atoms with van der Waals surface area (Å²) in [6, 6.07) is 3.83. The monoisotopic (exact) mass is 314 g/mol. The van der Waals surface area contributed by atoms with Gasteiger partial charge in [0.2, 0.25) is 10.0 Å². The standard InChI is InChI=1S/C15H23FN2O2S/c1-11(13-5-3-2-4-6-13)18-21(19,20)15-8-7-12(10-17)9-14(15)16/h7-9,11,13,18H,2-6,10,17H2,1H3. The third-order valence-corrected chi connectivity index (χ3v) is 5.81. The highest BCUT2D eigenvalue weighted by Gasteiger charge is 2.26. The van der Waals surface area contributed by atoms with Crippen LogP contribution in [0.3, 0.4) is 0 Å². The van der Waals surface area contributed by atoms with Crippen LogP contribution in [-0.2, 0) is 16.6 Å². The van der Waals surface area contributed by atoms with Crippen molar-refractivity contribution in [1.29, 1.82) is 0 Å². The van der Waals surface area contributed by atoms with E-state index in [4.69, 9.17) is 5.73 Å². The maximum atomic E-state index is 14.0. The second-order valence-corrected chi connectivity index (χ2v) is 7.46. The molecule has 0 heterocycles. The van der Waals surface area contributed by atoms with Crippen LogP contribution in [0.15, 0.2) is 23.1 Å². The van der Waals surface area contributed by atoms with E-state index in [1.807, 2.05) is 6.92 Å². The number of rotatable bonds is 5. The molecular weight excluding hydrogens is 291 g/mol. The van der Waals surface area contributed by atoms with Crippen molar-refractivity contribution in [3.8, 4) is 0 Å². The lowest BCUT2D eigenvalue weighted by Crippen LogP contribution is -2.39. The van der Waals surface area contributed by atoms with Crippen LogP contribution >= 0.6 is 0 Å². The Labute approximate surface area is 126 Å². The Morgan fingerprint density at radius 3 is 2.57 bits per heavy atom. The molecule has 0 aromatic heterocycles. The largest absolute Gasteiger partial charge is 0.326 e. The van der Waals surface area contributed by atoms with E-state index in [9.17, 15) is 12.8 Å². The highest BCUT2D eigenvalue weighted by Crippen LogP contribution is 2.27. The van der Waals surface area contributed by atoms with Gasteiger partial charge in [-0.05, 0) is 43.4 Å². The molecule has 3 N–H and O–H groups in total. The van der Waals surface area contributed by atoms with Crippen LogP contribution in [0.1, 0.15) is 44.6 Å². The van der Waals surface area contributed by atoms with Crippen molar-refractivity contribution in [2.75, 3.05) is 0 Å². The minimum Gasteiger partial charge on any atom is -0.326 e. The van der Waals surface area contributed by atoms with Crippen molar-refractivity contribution in [2.45, 2.75) is 56.5 Å². The van der Waals surface area contributed by atoms with E-state index in [2.05, 4.69) is 4.72 Å². The van der Waals surface area contributed by atoms with Crippen LogP contribution < -0.4 is 10.5 Å². The number of nitrogens with one attached hydrogen (secondary N) is 1. The van der Waals surface area contributed by atoms with E-state index in [1.54, 1.807) is 6.07 Å². The fourth-order valence-corrected chi connectivity index (χ4v) is 4.30. The summed E-state index contributed by atoms with van der Waals surface area (Å²) in [5, 5.41) is 0. The third kappa shape index (κ3) is 4.02. The van der Waals surface area contributed by atoms with Gasteiger partial charge in [0.25, 0.3) is 0 Å². The van der Waals surface area contributed by atoms with Gasteiger partial charge in [-0.1, -0.05) is 25.3 Å². The van der Waals surface area contributed by atoms with Gasteiger partial charge in [-0.15, -0.1) is 0 Å². The van der Waals surface area contributed by atoms with Gasteiger partial charge in [0.05, 0.1) is 0 Å². The van der Waals surface area contributed by atoms with Crippen molar-refractivity contribution in [3.63, 3.8) is 0 Å². The molecule has 2 rings (SSSR count). The normalized spacial score (nSPS) is 18.6. The van der Waals surface area contributed by atoms with Crippen LogP contribution in [0, 0.1) is 11.7 Å². The Balaban J connectivity index is 2.14. The third-order valence-electron chi connectivity index (χ3n) is 4.22. The molecule has 0 spiro atoms. The molecule has 0 amide bonds. The minimum atomic E-state index is -3.83. The number of hydrogen-bond donors (Lipinski definition) is 2. The fraction of sp³-hybridized carbons (Fsp3) is 0.600. The van der Waals surface area contributed by atoms with Gasteiger partial charge in [0.15, 0.2) is 0 Å². The van der Waals surface area contributed by atoms with Crippen molar-refractivity contribution >= 4 is 10.0 Å². The molecule has 1 fully saturated rings. The summed E-state index contributed by atoms with van der Waals surface area (Å²) >= 11 is 0. The van der Waals surface area contributed by atoms with Gasteiger partial charge in [0.1, 0.15) is 10.7 Å². The number of nitrogens with two attached hydrogens (primary N) is 1.